The van der Waals surface area contributed by atoms with Crippen LogP contribution in [0.15, 0.2) is 48.5 Å². The summed E-state index contributed by atoms with van der Waals surface area (Å²) >= 11 is 0. The first-order valence-electron chi connectivity index (χ1n) is 15.7. The van der Waals surface area contributed by atoms with Crippen LogP contribution in [-0.4, -0.2) is 81.1 Å². The van der Waals surface area contributed by atoms with Gasteiger partial charge in [0.05, 0.1) is 18.2 Å². The van der Waals surface area contributed by atoms with E-state index in [-0.39, 0.29) is 29.4 Å². The molecule has 0 aliphatic carbocycles. The Kier molecular flexibility index (Phi) is 9.32. The summed E-state index contributed by atoms with van der Waals surface area (Å²) in [5.41, 5.74) is 3.94. The first-order chi connectivity index (χ1) is 21.6. The maximum absolute atomic E-state index is 12.8. The van der Waals surface area contributed by atoms with E-state index < -0.39 is 12.0 Å². The van der Waals surface area contributed by atoms with Gasteiger partial charge in [-0.1, -0.05) is 36.4 Å². The maximum atomic E-state index is 12.8. The number of para-hydroxylation sites is 2. The minimum absolute atomic E-state index is 0.0679. The van der Waals surface area contributed by atoms with Crippen molar-refractivity contribution in [2.24, 2.45) is 0 Å². The second-order valence-corrected chi connectivity index (χ2v) is 11.9. The van der Waals surface area contributed by atoms with Gasteiger partial charge in [0.1, 0.15) is 12.1 Å². The Morgan fingerprint density at radius 2 is 1.04 bits per heavy atom. The Balaban J connectivity index is 0.000000178. The van der Waals surface area contributed by atoms with Gasteiger partial charge in [0, 0.05) is 59.4 Å². The van der Waals surface area contributed by atoms with Crippen LogP contribution >= 0.6 is 0 Å². The standard InChI is InChI=1S/C18H22N2O3.C17H20N2O3/c1-12-16(18(22)23-3)14-8-4-5-9-15(14)20(12)13(2)17(21)19-10-6-7-11-19;1-11-15(17(21)22)13-7-3-4-8-14(13)19(11)12(2)16(20)18-9-5-6-10-18/h4-5,8-9,13H,6-7,10-11H2,1-3H3;3-4,7-8,12H,5-6,9-10H2,1-2H3,(H,21,22). The minimum atomic E-state index is -0.951. The van der Waals surface area contributed by atoms with Crippen molar-refractivity contribution in [2.45, 2.75) is 65.5 Å². The maximum Gasteiger partial charge on any atom is 0.340 e. The molecule has 2 aliphatic heterocycles. The largest absolute Gasteiger partial charge is 0.478 e. The van der Waals surface area contributed by atoms with Gasteiger partial charge in [-0.05, 0) is 65.5 Å². The molecule has 2 aromatic heterocycles. The molecule has 6 rings (SSSR count). The number of likely N-dealkylation sites (tertiary alicyclic amines) is 2. The number of carboxylic acids is 1. The van der Waals surface area contributed by atoms with Crippen LogP contribution in [0.2, 0.25) is 0 Å². The summed E-state index contributed by atoms with van der Waals surface area (Å²) in [4.78, 5) is 53.0. The molecule has 2 aromatic carbocycles. The molecule has 2 unspecified atom stereocenters. The van der Waals surface area contributed by atoms with Crippen molar-refractivity contribution in [3.05, 3.63) is 71.0 Å². The van der Waals surface area contributed by atoms with Crippen molar-refractivity contribution in [3.8, 4) is 0 Å². The fraction of sp³-hybridized carbons (Fsp3) is 0.429. The van der Waals surface area contributed by atoms with Crippen LogP contribution in [0.4, 0.5) is 0 Å². The number of esters is 1. The molecule has 2 atom stereocenters. The third kappa shape index (κ3) is 5.81. The van der Waals surface area contributed by atoms with Gasteiger partial charge in [-0.3, -0.25) is 9.59 Å². The van der Waals surface area contributed by atoms with E-state index in [4.69, 9.17) is 4.74 Å². The molecule has 238 valence electrons. The third-order valence-corrected chi connectivity index (χ3v) is 9.24. The molecule has 10 heteroatoms. The predicted octanol–water partition coefficient (Wildman–Crippen LogP) is 5.75. The molecule has 2 fully saturated rings. The molecule has 4 aromatic rings. The highest BCUT2D eigenvalue weighted by Crippen LogP contribution is 2.32. The predicted molar refractivity (Wildman–Crippen MR) is 173 cm³/mol. The molecule has 2 aliphatic rings. The van der Waals surface area contributed by atoms with E-state index >= 15 is 0 Å². The fourth-order valence-electron chi connectivity index (χ4n) is 7.03. The Labute approximate surface area is 263 Å². The Hall–Kier alpha value is -4.60. The highest BCUT2D eigenvalue weighted by Gasteiger charge is 2.30. The molecular weight excluding hydrogens is 572 g/mol. The van der Waals surface area contributed by atoms with E-state index in [0.29, 0.717) is 16.6 Å². The fourth-order valence-corrected chi connectivity index (χ4v) is 7.03. The van der Waals surface area contributed by atoms with E-state index in [1.165, 1.54) is 7.11 Å². The first kappa shape index (κ1) is 31.8. The summed E-state index contributed by atoms with van der Waals surface area (Å²) in [6, 6.07) is 14.3. The lowest BCUT2D eigenvalue weighted by Gasteiger charge is -2.23. The number of rotatable bonds is 6. The zero-order valence-corrected chi connectivity index (χ0v) is 26.7. The second kappa shape index (κ2) is 13.2. The van der Waals surface area contributed by atoms with Crippen LogP contribution < -0.4 is 0 Å². The van der Waals surface area contributed by atoms with Gasteiger partial charge >= 0.3 is 11.9 Å². The number of methoxy groups -OCH3 is 1. The van der Waals surface area contributed by atoms with Crippen molar-refractivity contribution in [2.75, 3.05) is 33.3 Å². The van der Waals surface area contributed by atoms with E-state index in [1.807, 2.05) is 82.2 Å². The lowest BCUT2D eigenvalue weighted by Crippen LogP contribution is -2.34. The van der Waals surface area contributed by atoms with Gasteiger partial charge in [0.25, 0.3) is 0 Å². The summed E-state index contributed by atoms with van der Waals surface area (Å²) in [5, 5.41) is 11.0. The Morgan fingerprint density at radius 3 is 1.44 bits per heavy atom. The van der Waals surface area contributed by atoms with Crippen LogP contribution in [-0.2, 0) is 14.3 Å². The van der Waals surface area contributed by atoms with Crippen LogP contribution in [0, 0.1) is 13.8 Å². The van der Waals surface area contributed by atoms with E-state index in [0.717, 1.165) is 74.0 Å². The van der Waals surface area contributed by atoms with E-state index in [1.54, 1.807) is 13.0 Å². The number of nitrogens with zero attached hydrogens (tertiary/aromatic N) is 4. The van der Waals surface area contributed by atoms with Crippen LogP contribution in [0.5, 0.6) is 0 Å². The number of hydrogen-bond donors (Lipinski definition) is 1. The van der Waals surface area contributed by atoms with Crippen LogP contribution in [0.1, 0.15) is 83.7 Å². The van der Waals surface area contributed by atoms with Crippen molar-refractivity contribution < 1.29 is 29.0 Å². The number of benzene rings is 2. The molecule has 1 N–H and O–H groups in total. The lowest BCUT2D eigenvalue weighted by molar-refractivity contribution is -0.133. The molecule has 10 nitrogen and oxygen atoms in total. The summed E-state index contributed by atoms with van der Waals surface area (Å²) in [6.07, 6.45) is 4.23. The van der Waals surface area contributed by atoms with Crippen molar-refractivity contribution in [1.29, 1.82) is 0 Å². The zero-order chi connectivity index (χ0) is 32.4. The van der Waals surface area contributed by atoms with Gasteiger partial charge in [-0.15, -0.1) is 0 Å². The van der Waals surface area contributed by atoms with Crippen molar-refractivity contribution >= 4 is 45.6 Å². The molecule has 0 bridgehead atoms. The van der Waals surface area contributed by atoms with Gasteiger partial charge in [0.15, 0.2) is 0 Å². The molecule has 0 saturated carbocycles. The smallest absolute Gasteiger partial charge is 0.340 e. The summed E-state index contributed by atoms with van der Waals surface area (Å²) in [7, 11) is 1.38. The molecular formula is C35H42N4O6. The molecule has 4 heterocycles. The number of carboxylic acid groups (broad SMARTS) is 1. The number of fused-ring (bicyclic) bond motifs is 2. The first-order valence-corrected chi connectivity index (χ1v) is 15.7. The highest BCUT2D eigenvalue weighted by molar-refractivity contribution is 6.07. The number of hydrogen-bond acceptors (Lipinski definition) is 5. The van der Waals surface area contributed by atoms with Crippen molar-refractivity contribution in [1.82, 2.24) is 18.9 Å². The number of carbonyl (C=O) groups is 4. The highest BCUT2D eigenvalue weighted by atomic mass is 16.5. The molecule has 0 radical (unpaired) electrons. The molecule has 45 heavy (non-hydrogen) atoms. The van der Waals surface area contributed by atoms with E-state index in [9.17, 15) is 24.3 Å². The number of amides is 2. The average Bonchev–Trinajstić information content (AvgIpc) is 3.85. The molecule has 2 saturated heterocycles. The summed E-state index contributed by atoms with van der Waals surface area (Å²) < 4.78 is 8.75. The summed E-state index contributed by atoms with van der Waals surface area (Å²) in [6.45, 7) is 10.7. The molecule has 0 spiro atoms. The monoisotopic (exact) mass is 614 g/mol. The Morgan fingerprint density at radius 1 is 0.667 bits per heavy atom. The van der Waals surface area contributed by atoms with E-state index in [2.05, 4.69) is 0 Å². The van der Waals surface area contributed by atoms with Crippen LogP contribution in [0.3, 0.4) is 0 Å². The number of aromatic carboxylic acids is 1. The Bertz CT molecular complexity index is 1760. The number of aromatic nitrogens is 2. The SMILES string of the molecule is COC(=O)c1c(C)n(C(C)C(=O)N2CCCC2)c2ccccc12.Cc1c(C(=O)O)c2ccccc2n1C(C)C(=O)N1CCCC1. The summed E-state index contributed by atoms with van der Waals surface area (Å²) in [5.74, 6) is -1.13. The topological polar surface area (TPSA) is 114 Å². The second-order valence-electron chi connectivity index (χ2n) is 11.9. The van der Waals surface area contributed by atoms with Crippen molar-refractivity contribution in [3.63, 3.8) is 0 Å². The molecule has 2 amide bonds. The minimum Gasteiger partial charge on any atom is -0.478 e. The van der Waals surface area contributed by atoms with Gasteiger partial charge < -0.3 is 28.8 Å². The number of ether oxygens (including phenoxy) is 1. The van der Waals surface area contributed by atoms with Gasteiger partial charge in [-0.25, -0.2) is 9.59 Å². The zero-order valence-electron chi connectivity index (χ0n) is 26.7. The van der Waals surface area contributed by atoms with Gasteiger partial charge in [-0.2, -0.15) is 0 Å². The normalized spacial score (nSPS) is 16.0. The van der Waals surface area contributed by atoms with Gasteiger partial charge in [0.2, 0.25) is 11.8 Å². The third-order valence-electron chi connectivity index (χ3n) is 9.24. The van der Waals surface area contributed by atoms with Crippen LogP contribution in [0.25, 0.3) is 21.8 Å². The lowest BCUT2D eigenvalue weighted by atomic mass is 10.1. The number of carbonyl (C=O) groups excluding carboxylic acids is 3. The quantitative estimate of drug-likeness (QED) is 0.277. The average molecular weight is 615 g/mol.